The first-order valence-corrected chi connectivity index (χ1v) is 2.89. The minimum atomic E-state index is -4.40. The highest BCUT2D eigenvalue weighted by Gasteiger charge is 2.35. The van der Waals surface area contributed by atoms with Crippen LogP contribution in [0.25, 0.3) is 0 Å². The second-order valence-corrected chi connectivity index (χ2v) is 1.81. The SMILES string of the molecule is C/C=C(\C(N)=NC)C(F)(F)F. The van der Waals surface area contributed by atoms with Crippen molar-refractivity contribution < 1.29 is 13.2 Å². The molecule has 0 aliphatic heterocycles. The van der Waals surface area contributed by atoms with Gasteiger partial charge in [0.25, 0.3) is 0 Å². The van der Waals surface area contributed by atoms with Gasteiger partial charge in [0.2, 0.25) is 0 Å². The molecule has 0 amide bonds. The zero-order chi connectivity index (χ0) is 9.07. The molecule has 0 aliphatic carbocycles. The number of nitrogens with two attached hydrogens (primary N) is 1. The van der Waals surface area contributed by atoms with E-state index in [9.17, 15) is 13.2 Å². The summed E-state index contributed by atoms with van der Waals surface area (Å²) in [5.74, 6) is -0.486. The molecular formula is C6H9F3N2. The largest absolute Gasteiger partial charge is 0.419 e. The third kappa shape index (κ3) is 2.61. The van der Waals surface area contributed by atoms with E-state index in [1.54, 1.807) is 0 Å². The van der Waals surface area contributed by atoms with Crippen LogP contribution in [0.4, 0.5) is 13.2 Å². The van der Waals surface area contributed by atoms with Crippen molar-refractivity contribution in [3.63, 3.8) is 0 Å². The lowest BCUT2D eigenvalue weighted by atomic mass is 10.2. The summed E-state index contributed by atoms with van der Waals surface area (Å²) in [6, 6.07) is 0. The van der Waals surface area contributed by atoms with Gasteiger partial charge in [-0.3, -0.25) is 4.99 Å². The van der Waals surface area contributed by atoms with Gasteiger partial charge in [0.15, 0.2) is 0 Å². The molecule has 0 saturated heterocycles. The number of halogens is 3. The first kappa shape index (κ1) is 10.0. The molecule has 11 heavy (non-hydrogen) atoms. The summed E-state index contributed by atoms with van der Waals surface area (Å²) in [5, 5.41) is 0. The summed E-state index contributed by atoms with van der Waals surface area (Å²) in [7, 11) is 1.21. The fourth-order valence-electron chi connectivity index (χ4n) is 0.577. The molecule has 0 fully saturated rings. The quantitative estimate of drug-likeness (QED) is 0.465. The number of nitrogens with zero attached hydrogens (tertiary/aromatic N) is 1. The first-order valence-electron chi connectivity index (χ1n) is 2.89. The topological polar surface area (TPSA) is 38.4 Å². The van der Waals surface area contributed by atoms with Gasteiger partial charge < -0.3 is 5.73 Å². The van der Waals surface area contributed by atoms with Crippen LogP contribution in [0.2, 0.25) is 0 Å². The van der Waals surface area contributed by atoms with Crippen LogP contribution in [0.3, 0.4) is 0 Å². The van der Waals surface area contributed by atoms with Gasteiger partial charge in [0.1, 0.15) is 5.84 Å². The van der Waals surface area contributed by atoms with Gasteiger partial charge >= 0.3 is 6.18 Å². The van der Waals surface area contributed by atoms with Crippen molar-refractivity contribution >= 4 is 5.84 Å². The first-order chi connectivity index (χ1) is 4.93. The highest BCUT2D eigenvalue weighted by atomic mass is 19.4. The van der Waals surface area contributed by atoms with Gasteiger partial charge in [0, 0.05) is 7.05 Å². The lowest BCUT2D eigenvalue weighted by Crippen LogP contribution is -2.26. The zero-order valence-electron chi connectivity index (χ0n) is 6.24. The molecule has 0 atom stereocenters. The highest BCUT2D eigenvalue weighted by molar-refractivity contribution is 5.97. The minimum absolute atomic E-state index is 0.486. The van der Waals surface area contributed by atoms with Crippen molar-refractivity contribution in [1.29, 1.82) is 0 Å². The molecule has 0 heterocycles. The number of amidine groups is 1. The maximum Gasteiger partial charge on any atom is 0.419 e. The molecule has 0 rings (SSSR count). The molecule has 0 unspecified atom stereocenters. The van der Waals surface area contributed by atoms with E-state index < -0.39 is 17.6 Å². The van der Waals surface area contributed by atoms with E-state index in [0.29, 0.717) is 0 Å². The Bertz CT molecular complexity index is 190. The fourth-order valence-corrected chi connectivity index (χ4v) is 0.577. The van der Waals surface area contributed by atoms with Crippen LogP contribution in [-0.4, -0.2) is 19.1 Å². The Morgan fingerprint density at radius 2 is 1.91 bits per heavy atom. The van der Waals surface area contributed by atoms with Crippen LogP contribution in [0.15, 0.2) is 16.6 Å². The van der Waals surface area contributed by atoms with E-state index in [1.165, 1.54) is 14.0 Å². The molecule has 0 radical (unpaired) electrons. The van der Waals surface area contributed by atoms with Crippen molar-refractivity contribution in [2.75, 3.05) is 7.05 Å². The molecular weight excluding hydrogens is 157 g/mol. The number of alkyl halides is 3. The van der Waals surface area contributed by atoms with E-state index in [1.807, 2.05) is 0 Å². The molecule has 5 heteroatoms. The second-order valence-electron chi connectivity index (χ2n) is 1.81. The van der Waals surface area contributed by atoms with E-state index in [4.69, 9.17) is 5.73 Å². The van der Waals surface area contributed by atoms with Crippen molar-refractivity contribution in [3.05, 3.63) is 11.6 Å². The van der Waals surface area contributed by atoms with Crippen LogP contribution >= 0.6 is 0 Å². The summed E-state index contributed by atoms with van der Waals surface area (Å²) in [4.78, 5) is 3.23. The van der Waals surface area contributed by atoms with Gasteiger partial charge in [-0.15, -0.1) is 0 Å². The van der Waals surface area contributed by atoms with E-state index in [2.05, 4.69) is 4.99 Å². The maximum absolute atomic E-state index is 11.9. The Hall–Kier alpha value is -1.00. The Labute approximate surface area is 62.6 Å². The predicted molar refractivity (Wildman–Crippen MR) is 37.4 cm³/mol. The van der Waals surface area contributed by atoms with E-state index in [0.717, 1.165) is 6.08 Å². The normalized spacial score (nSPS) is 15.4. The molecule has 0 aliphatic rings. The summed E-state index contributed by atoms with van der Waals surface area (Å²) < 4.78 is 35.8. The molecule has 2 nitrogen and oxygen atoms in total. The molecule has 64 valence electrons. The second kappa shape index (κ2) is 3.41. The lowest BCUT2D eigenvalue weighted by Gasteiger charge is -2.09. The molecule has 0 bridgehead atoms. The average molecular weight is 166 g/mol. The van der Waals surface area contributed by atoms with Gasteiger partial charge in [-0.25, -0.2) is 0 Å². The summed E-state index contributed by atoms with van der Waals surface area (Å²) in [6.45, 7) is 1.26. The smallest absolute Gasteiger partial charge is 0.384 e. The lowest BCUT2D eigenvalue weighted by molar-refractivity contribution is -0.0862. The van der Waals surface area contributed by atoms with Gasteiger partial charge in [-0.05, 0) is 6.92 Å². The van der Waals surface area contributed by atoms with Crippen LogP contribution in [-0.2, 0) is 0 Å². The Balaban J connectivity index is 4.73. The highest BCUT2D eigenvalue weighted by Crippen LogP contribution is 2.25. The van der Waals surface area contributed by atoms with Gasteiger partial charge in [-0.1, -0.05) is 6.08 Å². The monoisotopic (exact) mass is 166 g/mol. The molecule has 0 aromatic heterocycles. The fraction of sp³-hybridized carbons (Fsp3) is 0.500. The van der Waals surface area contributed by atoms with Crippen LogP contribution < -0.4 is 5.73 Å². The van der Waals surface area contributed by atoms with Crippen LogP contribution in [0.1, 0.15) is 6.92 Å². The van der Waals surface area contributed by atoms with Gasteiger partial charge in [-0.2, -0.15) is 13.2 Å². The van der Waals surface area contributed by atoms with Crippen molar-refractivity contribution in [2.24, 2.45) is 10.7 Å². The van der Waals surface area contributed by atoms with Crippen molar-refractivity contribution in [1.82, 2.24) is 0 Å². The summed E-state index contributed by atoms with van der Waals surface area (Å²) >= 11 is 0. The zero-order valence-corrected chi connectivity index (χ0v) is 6.24. The van der Waals surface area contributed by atoms with Crippen molar-refractivity contribution in [3.8, 4) is 0 Å². The predicted octanol–water partition coefficient (Wildman–Crippen LogP) is 1.48. The van der Waals surface area contributed by atoms with E-state index in [-0.39, 0.29) is 0 Å². The third-order valence-corrected chi connectivity index (χ3v) is 1.11. The molecule has 0 saturated carbocycles. The minimum Gasteiger partial charge on any atom is -0.384 e. The number of aliphatic imine (C=N–C) groups is 1. The van der Waals surface area contributed by atoms with E-state index >= 15 is 0 Å². The number of allylic oxidation sites excluding steroid dienone is 1. The number of hydrogen-bond acceptors (Lipinski definition) is 1. The number of hydrogen-bond donors (Lipinski definition) is 1. The third-order valence-electron chi connectivity index (χ3n) is 1.11. The molecule has 2 N–H and O–H groups in total. The maximum atomic E-state index is 11.9. The van der Waals surface area contributed by atoms with Crippen LogP contribution in [0.5, 0.6) is 0 Å². The standard InChI is InChI=1S/C6H9F3N2/c1-3-4(5(10)11-2)6(7,8)9/h3H,1-2H3,(H2,10,11)/b4-3+. The Morgan fingerprint density at radius 3 is 2.00 bits per heavy atom. The summed E-state index contributed by atoms with van der Waals surface area (Å²) in [6.07, 6.45) is -3.51. The van der Waals surface area contributed by atoms with Gasteiger partial charge in [0.05, 0.1) is 5.57 Å². The molecule has 0 spiro atoms. The Kier molecular flexibility index (Phi) is 3.10. The molecule has 0 aromatic carbocycles. The average Bonchev–Trinajstić information content (AvgIpc) is 1.86. The molecule has 0 aromatic rings. The van der Waals surface area contributed by atoms with Crippen molar-refractivity contribution in [2.45, 2.75) is 13.1 Å². The summed E-state index contributed by atoms with van der Waals surface area (Å²) in [5.41, 5.74) is 4.09. The number of rotatable bonds is 1. The Morgan fingerprint density at radius 1 is 1.45 bits per heavy atom. The van der Waals surface area contributed by atoms with Crippen LogP contribution in [0, 0.1) is 0 Å².